The first-order valence-corrected chi connectivity index (χ1v) is 6.14. The molecule has 0 spiro atoms. The van der Waals surface area contributed by atoms with E-state index in [-0.39, 0.29) is 0 Å². The second-order valence-electron chi connectivity index (χ2n) is 4.80. The molecule has 0 radical (unpaired) electrons. The molecule has 0 bridgehead atoms. The molecule has 0 aromatic heterocycles. The van der Waals surface area contributed by atoms with Gasteiger partial charge in [-0.1, -0.05) is 6.92 Å². The molecule has 1 saturated heterocycles. The van der Waals surface area contributed by atoms with Crippen LogP contribution in [0.15, 0.2) is 0 Å². The van der Waals surface area contributed by atoms with Gasteiger partial charge in [0.25, 0.3) is 0 Å². The van der Waals surface area contributed by atoms with Crippen molar-refractivity contribution in [3.05, 3.63) is 0 Å². The molecule has 1 heterocycles. The van der Waals surface area contributed by atoms with E-state index in [1.54, 1.807) is 0 Å². The molecule has 84 valence electrons. The largest absolute Gasteiger partial charge is 0.314 e. The van der Waals surface area contributed by atoms with E-state index in [1.807, 2.05) is 0 Å². The van der Waals surface area contributed by atoms with Crippen LogP contribution in [-0.2, 0) is 0 Å². The van der Waals surface area contributed by atoms with Crippen molar-refractivity contribution in [3.8, 4) is 0 Å². The van der Waals surface area contributed by atoms with Gasteiger partial charge in [0.05, 0.1) is 0 Å². The standard InChI is InChI=1S/C12H26N2/c1-4-11(2)13-8-5-12-6-9-14(3)10-7-12/h11-13H,4-10H2,1-3H3. The molecule has 0 aromatic carbocycles. The number of nitrogens with zero attached hydrogens (tertiary/aromatic N) is 1. The van der Waals surface area contributed by atoms with Gasteiger partial charge in [-0.3, -0.25) is 0 Å². The van der Waals surface area contributed by atoms with E-state index >= 15 is 0 Å². The average molecular weight is 198 g/mol. The topological polar surface area (TPSA) is 15.3 Å². The number of hydrogen-bond donors (Lipinski definition) is 1. The normalized spacial score (nSPS) is 22.5. The molecule has 2 heteroatoms. The van der Waals surface area contributed by atoms with Crippen molar-refractivity contribution < 1.29 is 0 Å². The first kappa shape index (κ1) is 12.0. The lowest BCUT2D eigenvalue weighted by atomic mass is 9.94. The molecule has 1 rings (SSSR count). The van der Waals surface area contributed by atoms with Gasteiger partial charge in [-0.2, -0.15) is 0 Å². The Morgan fingerprint density at radius 3 is 2.57 bits per heavy atom. The van der Waals surface area contributed by atoms with E-state index in [2.05, 4.69) is 31.1 Å². The Morgan fingerprint density at radius 2 is 2.00 bits per heavy atom. The maximum absolute atomic E-state index is 3.58. The summed E-state index contributed by atoms with van der Waals surface area (Å²) in [6.07, 6.45) is 5.42. The number of nitrogens with one attached hydrogen (secondary N) is 1. The number of hydrogen-bond acceptors (Lipinski definition) is 2. The molecule has 1 N–H and O–H groups in total. The van der Waals surface area contributed by atoms with E-state index in [0.717, 1.165) is 5.92 Å². The minimum atomic E-state index is 0.696. The molecule has 0 saturated carbocycles. The third-order valence-corrected chi connectivity index (χ3v) is 3.50. The Morgan fingerprint density at radius 1 is 1.36 bits per heavy atom. The maximum atomic E-state index is 3.58. The van der Waals surface area contributed by atoms with Gasteiger partial charge in [-0.25, -0.2) is 0 Å². The van der Waals surface area contributed by atoms with Crippen molar-refractivity contribution in [2.24, 2.45) is 5.92 Å². The molecule has 1 unspecified atom stereocenters. The summed E-state index contributed by atoms with van der Waals surface area (Å²) in [5.74, 6) is 0.975. The zero-order valence-corrected chi connectivity index (χ0v) is 10.1. The van der Waals surface area contributed by atoms with Gasteiger partial charge < -0.3 is 10.2 Å². The molecular formula is C12H26N2. The molecule has 0 amide bonds. The molecule has 0 aromatic rings. The summed E-state index contributed by atoms with van der Waals surface area (Å²) in [6, 6.07) is 0.696. The van der Waals surface area contributed by atoms with Gasteiger partial charge in [0.15, 0.2) is 0 Å². The molecule has 1 aliphatic heterocycles. The highest BCUT2D eigenvalue weighted by molar-refractivity contribution is 4.71. The lowest BCUT2D eigenvalue weighted by molar-refractivity contribution is 0.210. The third-order valence-electron chi connectivity index (χ3n) is 3.50. The lowest BCUT2D eigenvalue weighted by Crippen LogP contribution is -2.33. The fourth-order valence-electron chi connectivity index (χ4n) is 2.03. The van der Waals surface area contributed by atoms with E-state index < -0.39 is 0 Å². The maximum Gasteiger partial charge on any atom is 0.00361 e. The summed E-state index contributed by atoms with van der Waals surface area (Å²) >= 11 is 0. The summed E-state index contributed by atoms with van der Waals surface area (Å²) in [6.45, 7) is 8.33. The first-order chi connectivity index (χ1) is 6.72. The Hall–Kier alpha value is -0.0800. The fourth-order valence-corrected chi connectivity index (χ4v) is 2.03. The van der Waals surface area contributed by atoms with Crippen molar-refractivity contribution in [1.29, 1.82) is 0 Å². The second kappa shape index (κ2) is 6.41. The highest BCUT2D eigenvalue weighted by Crippen LogP contribution is 2.18. The van der Waals surface area contributed by atoms with Crippen LogP contribution < -0.4 is 5.32 Å². The number of rotatable bonds is 5. The van der Waals surface area contributed by atoms with Crippen LogP contribution in [0.3, 0.4) is 0 Å². The summed E-state index contributed by atoms with van der Waals surface area (Å²) in [5.41, 5.74) is 0. The van der Waals surface area contributed by atoms with Crippen molar-refractivity contribution in [2.45, 2.75) is 45.6 Å². The lowest BCUT2D eigenvalue weighted by Gasteiger charge is -2.29. The summed E-state index contributed by atoms with van der Waals surface area (Å²) in [5, 5.41) is 3.58. The van der Waals surface area contributed by atoms with Crippen molar-refractivity contribution in [3.63, 3.8) is 0 Å². The van der Waals surface area contributed by atoms with Gasteiger partial charge in [0, 0.05) is 6.04 Å². The van der Waals surface area contributed by atoms with Crippen LogP contribution in [0.1, 0.15) is 39.5 Å². The average Bonchev–Trinajstić information content (AvgIpc) is 2.21. The fraction of sp³-hybridized carbons (Fsp3) is 1.00. The van der Waals surface area contributed by atoms with Gasteiger partial charge in [-0.15, -0.1) is 0 Å². The Labute approximate surface area is 89.1 Å². The number of piperidine rings is 1. The van der Waals surface area contributed by atoms with Crippen LogP contribution in [0.5, 0.6) is 0 Å². The second-order valence-corrected chi connectivity index (χ2v) is 4.80. The molecule has 0 aliphatic carbocycles. The van der Waals surface area contributed by atoms with Crippen molar-refractivity contribution in [2.75, 3.05) is 26.7 Å². The molecule has 14 heavy (non-hydrogen) atoms. The molecule has 1 aliphatic rings. The Kier molecular flexibility index (Phi) is 5.49. The van der Waals surface area contributed by atoms with Crippen LogP contribution in [0.25, 0.3) is 0 Å². The monoisotopic (exact) mass is 198 g/mol. The summed E-state index contributed by atoms with van der Waals surface area (Å²) in [4.78, 5) is 2.44. The van der Waals surface area contributed by atoms with E-state index in [9.17, 15) is 0 Å². The van der Waals surface area contributed by atoms with Crippen molar-refractivity contribution >= 4 is 0 Å². The van der Waals surface area contributed by atoms with Gasteiger partial charge in [0.2, 0.25) is 0 Å². The van der Waals surface area contributed by atoms with Crippen LogP contribution >= 0.6 is 0 Å². The van der Waals surface area contributed by atoms with E-state index in [0.29, 0.717) is 6.04 Å². The minimum Gasteiger partial charge on any atom is -0.314 e. The molecule has 2 nitrogen and oxygen atoms in total. The molecule has 1 fully saturated rings. The van der Waals surface area contributed by atoms with Gasteiger partial charge in [-0.05, 0) is 65.2 Å². The summed E-state index contributed by atoms with van der Waals surface area (Å²) in [7, 11) is 2.23. The van der Waals surface area contributed by atoms with E-state index in [1.165, 1.54) is 45.3 Å². The predicted molar refractivity (Wildman–Crippen MR) is 62.6 cm³/mol. The summed E-state index contributed by atoms with van der Waals surface area (Å²) < 4.78 is 0. The quantitative estimate of drug-likeness (QED) is 0.728. The van der Waals surface area contributed by atoms with Crippen LogP contribution in [-0.4, -0.2) is 37.6 Å². The first-order valence-electron chi connectivity index (χ1n) is 6.14. The predicted octanol–water partition coefficient (Wildman–Crippen LogP) is 2.11. The zero-order chi connectivity index (χ0) is 10.4. The zero-order valence-electron chi connectivity index (χ0n) is 10.1. The highest BCUT2D eigenvalue weighted by atomic mass is 15.1. The molecular weight excluding hydrogens is 172 g/mol. The van der Waals surface area contributed by atoms with Crippen LogP contribution in [0.2, 0.25) is 0 Å². The Balaban J connectivity index is 2.02. The highest BCUT2D eigenvalue weighted by Gasteiger charge is 2.15. The van der Waals surface area contributed by atoms with Gasteiger partial charge >= 0.3 is 0 Å². The number of likely N-dealkylation sites (tertiary alicyclic amines) is 1. The molecule has 1 atom stereocenters. The third kappa shape index (κ3) is 4.43. The Bertz CT molecular complexity index is 139. The SMILES string of the molecule is CCC(C)NCCC1CCN(C)CC1. The van der Waals surface area contributed by atoms with Crippen LogP contribution in [0, 0.1) is 5.92 Å². The van der Waals surface area contributed by atoms with E-state index in [4.69, 9.17) is 0 Å². The van der Waals surface area contributed by atoms with Crippen LogP contribution in [0.4, 0.5) is 0 Å². The smallest absolute Gasteiger partial charge is 0.00361 e. The van der Waals surface area contributed by atoms with Gasteiger partial charge in [0.1, 0.15) is 0 Å². The van der Waals surface area contributed by atoms with Crippen molar-refractivity contribution in [1.82, 2.24) is 10.2 Å². The minimum absolute atomic E-state index is 0.696.